The summed E-state index contributed by atoms with van der Waals surface area (Å²) in [7, 11) is 0. The van der Waals surface area contributed by atoms with Crippen LogP contribution in [0.3, 0.4) is 0 Å². The van der Waals surface area contributed by atoms with Crippen molar-refractivity contribution in [3.63, 3.8) is 0 Å². The summed E-state index contributed by atoms with van der Waals surface area (Å²) < 4.78 is 2.04. The summed E-state index contributed by atoms with van der Waals surface area (Å²) in [6.45, 7) is 7.04. The maximum Gasteiger partial charge on any atom is 0.147 e. The van der Waals surface area contributed by atoms with E-state index in [0.717, 1.165) is 31.3 Å². The molecule has 1 atom stereocenters. The summed E-state index contributed by atoms with van der Waals surface area (Å²) in [5.41, 5.74) is 3.09. The second kappa shape index (κ2) is 5.38. The van der Waals surface area contributed by atoms with E-state index >= 15 is 0 Å². The van der Waals surface area contributed by atoms with Gasteiger partial charge in [0.05, 0.1) is 17.7 Å². The highest BCUT2D eigenvalue weighted by atomic mass is 32.1. The maximum atomic E-state index is 4.47. The first kappa shape index (κ1) is 12.7. The Labute approximate surface area is 117 Å². The quantitative estimate of drug-likeness (QED) is 0.858. The first-order valence-corrected chi connectivity index (χ1v) is 7.66. The highest BCUT2D eigenvalue weighted by molar-refractivity contribution is 7.07. The van der Waals surface area contributed by atoms with Crippen molar-refractivity contribution in [3.05, 3.63) is 28.2 Å². The molecule has 1 saturated heterocycles. The second-order valence-electron chi connectivity index (χ2n) is 5.13. The average molecular weight is 277 g/mol. The van der Waals surface area contributed by atoms with Crippen LogP contribution in [-0.4, -0.2) is 37.2 Å². The summed E-state index contributed by atoms with van der Waals surface area (Å²) in [6, 6.07) is 0.557. The molecule has 3 heterocycles. The fourth-order valence-electron chi connectivity index (χ4n) is 2.77. The number of thiazole rings is 1. The Balaban J connectivity index is 1.68. The first-order chi connectivity index (χ1) is 9.22. The number of aromatic nitrogens is 4. The van der Waals surface area contributed by atoms with Gasteiger partial charge >= 0.3 is 0 Å². The summed E-state index contributed by atoms with van der Waals surface area (Å²) in [4.78, 5) is 11.3. The lowest BCUT2D eigenvalue weighted by Crippen LogP contribution is -2.33. The van der Waals surface area contributed by atoms with Crippen LogP contribution < -0.4 is 0 Å². The van der Waals surface area contributed by atoms with Crippen LogP contribution in [0.5, 0.6) is 0 Å². The molecule has 0 saturated carbocycles. The molecule has 1 aliphatic heterocycles. The van der Waals surface area contributed by atoms with Gasteiger partial charge in [0, 0.05) is 18.0 Å². The SMILES string of the molecule is Cc1nc(C)n(C[C@@H]2CCCN2Cc2cscn2)n1. The fraction of sp³-hybridized carbons (Fsp3) is 0.615. The average Bonchev–Trinajstić information content (AvgIpc) is 3.06. The van der Waals surface area contributed by atoms with Crippen molar-refractivity contribution in [2.45, 2.75) is 45.8 Å². The fourth-order valence-corrected chi connectivity index (χ4v) is 3.32. The molecular formula is C13H19N5S. The van der Waals surface area contributed by atoms with E-state index in [9.17, 15) is 0 Å². The molecule has 0 spiro atoms. The van der Waals surface area contributed by atoms with Crippen molar-refractivity contribution in [3.8, 4) is 0 Å². The Morgan fingerprint density at radius 3 is 3.00 bits per heavy atom. The third-order valence-corrected chi connectivity index (χ3v) is 4.33. The van der Waals surface area contributed by atoms with E-state index in [-0.39, 0.29) is 0 Å². The Bertz CT molecular complexity index is 533. The number of hydrogen-bond acceptors (Lipinski definition) is 5. The Kier molecular flexibility index (Phi) is 3.61. The van der Waals surface area contributed by atoms with Gasteiger partial charge < -0.3 is 0 Å². The van der Waals surface area contributed by atoms with E-state index in [2.05, 4.69) is 25.3 Å². The Morgan fingerprint density at radius 2 is 2.32 bits per heavy atom. The summed E-state index contributed by atoms with van der Waals surface area (Å²) in [6.07, 6.45) is 2.50. The summed E-state index contributed by atoms with van der Waals surface area (Å²) >= 11 is 1.67. The lowest BCUT2D eigenvalue weighted by atomic mass is 10.2. The molecular weight excluding hydrogens is 258 g/mol. The van der Waals surface area contributed by atoms with Crippen molar-refractivity contribution < 1.29 is 0 Å². The molecule has 0 aromatic carbocycles. The molecule has 2 aromatic rings. The van der Waals surface area contributed by atoms with Crippen LogP contribution in [0.4, 0.5) is 0 Å². The van der Waals surface area contributed by atoms with Crippen LogP contribution in [0.15, 0.2) is 10.9 Å². The van der Waals surface area contributed by atoms with Gasteiger partial charge in [0.2, 0.25) is 0 Å². The van der Waals surface area contributed by atoms with Gasteiger partial charge in [0.15, 0.2) is 0 Å². The van der Waals surface area contributed by atoms with Crippen molar-refractivity contribution in [1.82, 2.24) is 24.6 Å². The maximum absolute atomic E-state index is 4.47. The lowest BCUT2D eigenvalue weighted by molar-refractivity contribution is 0.216. The van der Waals surface area contributed by atoms with Crippen LogP contribution in [0, 0.1) is 13.8 Å². The highest BCUT2D eigenvalue weighted by Gasteiger charge is 2.26. The predicted molar refractivity (Wildman–Crippen MR) is 75.0 cm³/mol. The smallest absolute Gasteiger partial charge is 0.147 e. The predicted octanol–water partition coefficient (Wildman–Crippen LogP) is 2.02. The molecule has 3 rings (SSSR count). The molecule has 19 heavy (non-hydrogen) atoms. The molecule has 2 aromatic heterocycles. The molecule has 6 heteroatoms. The molecule has 5 nitrogen and oxygen atoms in total. The largest absolute Gasteiger partial charge is 0.293 e. The van der Waals surface area contributed by atoms with Crippen LogP contribution in [0.25, 0.3) is 0 Å². The molecule has 1 aliphatic rings. The van der Waals surface area contributed by atoms with Crippen molar-refractivity contribution >= 4 is 11.3 Å². The third-order valence-electron chi connectivity index (χ3n) is 3.69. The minimum Gasteiger partial charge on any atom is -0.293 e. The number of nitrogens with zero attached hydrogens (tertiary/aromatic N) is 5. The zero-order chi connectivity index (χ0) is 13.2. The molecule has 0 bridgehead atoms. The minimum absolute atomic E-state index is 0.557. The molecule has 0 amide bonds. The summed E-state index contributed by atoms with van der Waals surface area (Å²) in [5, 5.41) is 6.61. The van der Waals surface area contributed by atoms with Crippen LogP contribution in [0.1, 0.15) is 30.2 Å². The van der Waals surface area contributed by atoms with Crippen LogP contribution in [-0.2, 0) is 13.1 Å². The minimum atomic E-state index is 0.557. The number of aryl methyl sites for hydroxylation is 2. The normalized spacial score (nSPS) is 20.2. The van der Waals surface area contributed by atoms with Gasteiger partial charge in [-0.2, -0.15) is 5.10 Å². The number of likely N-dealkylation sites (tertiary alicyclic amines) is 1. The van der Waals surface area contributed by atoms with Gasteiger partial charge in [-0.15, -0.1) is 11.3 Å². The zero-order valence-corrected chi connectivity index (χ0v) is 12.2. The van der Waals surface area contributed by atoms with Gasteiger partial charge in [0.1, 0.15) is 11.6 Å². The van der Waals surface area contributed by atoms with Gasteiger partial charge in [-0.25, -0.2) is 14.6 Å². The lowest BCUT2D eigenvalue weighted by Gasteiger charge is -2.23. The van der Waals surface area contributed by atoms with Gasteiger partial charge in [-0.05, 0) is 33.2 Å². The van der Waals surface area contributed by atoms with E-state index in [1.165, 1.54) is 18.5 Å². The van der Waals surface area contributed by atoms with E-state index < -0.39 is 0 Å². The molecule has 0 aliphatic carbocycles. The zero-order valence-electron chi connectivity index (χ0n) is 11.4. The Morgan fingerprint density at radius 1 is 1.42 bits per heavy atom. The van der Waals surface area contributed by atoms with Gasteiger partial charge in [-0.1, -0.05) is 0 Å². The van der Waals surface area contributed by atoms with Crippen molar-refractivity contribution in [2.75, 3.05) is 6.54 Å². The molecule has 102 valence electrons. The van der Waals surface area contributed by atoms with Gasteiger partial charge in [-0.3, -0.25) is 4.90 Å². The number of hydrogen-bond donors (Lipinski definition) is 0. The topological polar surface area (TPSA) is 46.8 Å². The molecule has 0 unspecified atom stereocenters. The number of rotatable bonds is 4. The standard InChI is InChI=1S/C13H19N5S/c1-10-15-11(2)18(16-10)7-13-4-3-5-17(13)6-12-8-19-9-14-12/h8-9,13H,3-7H2,1-2H3/t13-/m0/s1. The molecule has 0 radical (unpaired) electrons. The third kappa shape index (κ3) is 2.84. The van der Waals surface area contributed by atoms with Gasteiger partial charge in [0.25, 0.3) is 0 Å². The summed E-state index contributed by atoms with van der Waals surface area (Å²) in [5.74, 6) is 1.87. The Hall–Kier alpha value is -1.27. The molecule has 0 N–H and O–H groups in total. The van der Waals surface area contributed by atoms with E-state index in [1.807, 2.05) is 24.0 Å². The second-order valence-corrected chi connectivity index (χ2v) is 5.85. The first-order valence-electron chi connectivity index (χ1n) is 6.71. The van der Waals surface area contributed by atoms with E-state index in [0.29, 0.717) is 6.04 Å². The van der Waals surface area contributed by atoms with Crippen LogP contribution in [0.2, 0.25) is 0 Å². The monoisotopic (exact) mass is 277 g/mol. The van der Waals surface area contributed by atoms with Crippen LogP contribution >= 0.6 is 11.3 Å². The van der Waals surface area contributed by atoms with E-state index in [4.69, 9.17) is 0 Å². The van der Waals surface area contributed by atoms with Crippen molar-refractivity contribution in [1.29, 1.82) is 0 Å². The molecule has 1 fully saturated rings. The van der Waals surface area contributed by atoms with Crippen molar-refractivity contribution in [2.24, 2.45) is 0 Å². The van der Waals surface area contributed by atoms with E-state index in [1.54, 1.807) is 11.3 Å². The highest BCUT2D eigenvalue weighted by Crippen LogP contribution is 2.21.